The number of nitrogens with zero attached hydrogens (tertiary/aromatic N) is 1. The van der Waals surface area contributed by atoms with Gasteiger partial charge in [-0.1, -0.05) is 88.0 Å². The van der Waals surface area contributed by atoms with Crippen LogP contribution >= 0.6 is 63.7 Å². The van der Waals surface area contributed by atoms with Crippen molar-refractivity contribution < 1.29 is 14.3 Å². The topological polar surface area (TPSA) is 89.3 Å². The van der Waals surface area contributed by atoms with Crippen LogP contribution in [0.15, 0.2) is 107 Å². The highest BCUT2D eigenvalue weighted by atomic mass is 79.9. The number of aromatic hydroxyl groups is 1. The van der Waals surface area contributed by atoms with E-state index in [9.17, 15) is 4.79 Å². The van der Waals surface area contributed by atoms with Crippen molar-refractivity contribution in [3.05, 3.63) is 108 Å². The molecule has 5 aromatic rings. The molecule has 35 heavy (non-hydrogen) atoms. The van der Waals surface area contributed by atoms with E-state index in [1.807, 2.05) is 48.5 Å². The summed E-state index contributed by atoms with van der Waals surface area (Å²) >= 11 is 13.4. The number of hydrogen-bond donors (Lipinski definition) is 2. The lowest BCUT2D eigenvalue weighted by molar-refractivity contribution is 0.112. The van der Waals surface area contributed by atoms with Crippen LogP contribution in [0, 0.1) is 0 Å². The van der Waals surface area contributed by atoms with Gasteiger partial charge in [-0.2, -0.15) is 0 Å². The highest BCUT2D eigenvalue weighted by Gasteiger charge is 2.08. The van der Waals surface area contributed by atoms with Gasteiger partial charge in [0, 0.05) is 29.0 Å². The van der Waals surface area contributed by atoms with Crippen LogP contribution in [0.3, 0.4) is 0 Å². The summed E-state index contributed by atoms with van der Waals surface area (Å²) in [4.78, 5) is 14.7. The van der Waals surface area contributed by atoms with E-state index in [-0.39, 0.29) is 5.75 Å². The fourth-order valence-electron chi connectivity index (χ4n) is 2.80. The smallest absolute Gasteiger partial charge is 0.227 e. The first kappa shape index (κ1) is 27.1. The van der Waals surface area contributed by atoms with Crippen LogP contribution in [0.4, 0.5) is 5.69 Å². The highest BCUT2D eigenvalue weighted by molar-refractivity contribution is 9.11. The maximum Gasteiger partial charge on any atom is 0.227 e. The van der Waals surface area contributed by atoms with Crippen LogP contribution in [-0.2, 0) is 0 Å². The summed E-state index contributed by atoms with van der Waals surface area (Å²) in [5.41, 5.74) is 8.99. The van der Waals surface area contributed by atoms with Gasteiger partial charge in [-0.05, 0) is 60.7 Å². The SMILES string of the molecule is Brc1cc(Br)cc(-c2nc3ccccc3o2)c1.Nc1ccccc1O.O=Cc1cc(Br)cc(Br)c1. The number of oxazole rings is 1. The van der Waals surface area contributed by atoms with Gasteiger partial charge in [-0.15, -0.1) is 0 Å². The third-order valence-corrected chi connectivity index (χ3v) is 6.19. The Hall–Kier alpha value is -2.46. The number of fused-ring (bicyclic) bond motifs is 1. The number of hydrogen-bond acceptors (Lipinski definition) is 5. The van der Waals surface area contributed by atoms with E-state index in [1.54, 1.807) is 36.4 Å². The first-order chi connectivity index (χ1) is 16.7. The number of para-hydroxylation sites is 4. The molecule has 9 heteroatoms. The number of phenolic OH excluding ortho intramolecular Hbond substituents is 1. The molecule has 5 rings (SSSR count). The molecule has 4 aromatic carbocycles. The summed E-state index contributed by atoms with van der Waals surface area (Å²) in [6.07, 6.45) is 0.815. The van der Waals surface area contributed by atoms with Crippen molar-refractivity contribution in [1.82, 2.24) is 4.98 Å². The number of nitrogens with two attached hydrogens (primary N) is 1. The molecule has 178 valence electrons. The molecule has 1 heterocycles. The molecule has 1 aromatic heterocycles. The van der Waals surface area contributed by atoms with Gasteiger partial charge in [0.05, 0.1) is 5.69 Å². The molecule has 0 spiro atoms. The zero-order valence-corrected chi connectivity index (χ0v) is 24.3. The first-order valence-electron chi connectivity index (χ1n) is 10.0. The van der Waals surface area contributed by atoms with Gasteiger partial charge >= 0.3 is 0 Å². The Balaban J connectivity index is 0.000000162. The van der Waals surface area contributed by atoms with Gasteiger partial charge < -0.3 is 15.3 Å². The molecule has 0 aliphatic carbocycles. The number of aldehydes is 1. The van der Waals surface area contributed by atoms with Gasteiger partial charge in [0.15, 0.2) is 5.58 Å². The van der Waals surface area contributed by atoms with E-state index in [4.69, 9.17) is 15.3 Å². The second-order valence-electron chi connectivity index (χ2n) is 7.02. The molecule has 3 N–H and O–H groups in total. The lowest BCUT2D eigenvalue weighted by atomic mass is 10.2. The summed E-state index contributed by atoms with van der Waals surface area (Å²) in [6, 6.07) is 25.8. The van der Waals surface area contributed by atoms with E-state index in [2.05, 4.69) is 68.7 Å². The monoisotopic (exact) mass is 722 g/mol. The normalized spacial score (nSPS) is 10.1. The van der Waals surface area contributed by atoms with Crippen molar-refractivity contribution >= 4 is 86.8 Å². The minimum atomic E-state index is 0.146. The third kappa shape index (κ3) is 8.31. The molecule has 0 amide bonds. The largest absolute Gasteiger partial charge is 0.506 e. The summed E-state index contributed by atoms with van der Waals surface area (Å²) < 4.78 is 9.50. The Morgan fingerprint density at radius 3 is 1.83 bits per heavy atom. The molecule has 0 radical (unpaired) electrons. The molecule has 0 saturated carbocycles. The number of phenols is 1. The van der Waals surface area contributed by atoms with Crippen molar-refractivity contribution in [3.8, 4) is 17.2 Å². The fraction of sp³-hybridized carbons (Fsp3) is 0. The van der Waals surface area contributed by atoms with E-state index >= 15 is 0 Å². The number of carbonyl (C=O) groups excluding carboxylic acids is 1. The number of halogens is 4. The summed E-state index contributed by atoms with van der Waals surface area (Å²) in [7, 11) is 0. The maximum absolute atomic E-state index is 10.3. The molecule has 0 saturated heterocycles. The summed E-state index contributed by atoms with van der Waals surface area (Å²) in [6.45, 7) is 0. The highest BCUT2D eigenvalue weighted by Crippen LogP contribution is 2.29. The van der Waals surface area contributed by atoms with Gasteiger partial charge in [-0.25, -0.2) is 4.98 Å². The van der Waals surface area contributed by atoms with Crippen molar-refractivity contribution in [2.24, 2.45) is 0 Å². The van der Waals surface area contributed by atoms with Crippen molar-refractivity contribution in [2.75, 3.05) is 5.73 Å². The Morgan fingerprint density at radius 2 is 1.31 bits per heavy atom. The quantitative estimate of drug-likeness (QED) is 0.108. The minimum Gasteiger partial charge on any atom is -0.506 e. The third-order valence-electron chi connectivity index (χ3n) is 4.36. The van der Waals surface area contributed by atoms with E-state index in [0.29, 0.717) is 17.1 Å². The number of rotatable bonds is 2. The minimum absolute atomic E-state index is 0.146. The first-order valence-corrected chi connectivity index (χ1v) is 13.2. The van der Waals surface area contributed by atoms with Gasteiger partial charge in [0.2, 0.25) is 5.89 Å². The van der Waals surface area contributed by atoms with Gasteiger partial charge in [0.25, 0.3) is 0 Å². The van der Waals surface area contributed by atoms with Crippen LogP contribution in [0.25, 0.3) is 22.6 Å². The Kier molecular flexibility index (Phi) is 10.1. The Labute approximate surface area is 235 Å². The van der Waals surface area contributed by atoms with Crippen LogP contribution in [-0.4, -0.2) is 16.4 Å². The average Bonchev–Trinajstić information content (AvgIpc) is 3.25. The van der Waals surface area contributed by atoms with E-state index in [1.165, 1.54) is 0 Å². The van der Waals surface area contributed by atoms with Crippen molar-refractivity contribution in [1.29, 1.82) is 0 Å². The number of aromatic nitrogens is 1. The lowest BCUT2D eigenvalue weighted by Gasteiger charge is -1.98. The fourth-order valence-corrected chi connectivity index (χ4v) is 5.43. The summed E-state index contributed by atoms with van der Waals surface area (Å²) in [5, 5.41) is 8.79. The summed E-state index contributed by atoms with van der Waals surface area (Å²) in [5.74, 6) is 0.778. The van der Waals surface area contributed by atoms with E-state index < -0.39 is 0 Å². The number of nitrogen functional groups attached to an aromatic ring is 1. The average molecular weight is 726 g/mol. The molecule has 5 nitrogen and oxygen atoms in total. The number of carbonyl (C=O) groups is 1. The predicted molar refractivity (Wildman–Crippen MR) is 155 cm³/mol. The van der Waals surface area contributed by atoms with Crippen LogP contribution in [0.1, 0.15) is 10.4 Å². The van der Waals surface area contributed by atoms with Crippen molar-refractivity contribution in [3.63, 3.8) is 0 Å². The maximum atomic E-state index is 10.3. The van der Waals surface area contributed by atoms with Crippen LogP contribution < -0.4 is 5.73 Å². The van der Waals surface area contributed by atoms with Gasteiger partial charge in [-0.3, -0.25) is 4.79 Å². The Bertz CT molecular complexity index is 1360. The molecule has 0 bridgehead atoms. The Morgan fingerprint density at radius 1 is 0.771 bits per heavy atom. The molecule has 0 atom stereocenters. The van der Waals surface area contributed by atoms with Crippen molar-refractivity contribution in [2.45, 2.75) is 0 Å². The van der Waals surface area contributed by atoms with Crippen LogP contribution in [0.2, 0.25) is 0 Å². The zero-order chi connectivity index (χ0) is 25.4. The zero-order valence-electron chi connectivity index (χ0n) is 18.0. The number of anilines is 1. The molecular formula is C26H18Br4N2O3. The standard InChI is InChI=1S/C13H7Br2NO.C7H4Br2O.C6H7NO/c14-9-5-8(6-10(15)7-9)13-16-11-3-1-2-4-12(11)17-13;8-6-1-5(4-10)2-7(9)3-6;7-5-3-1-2-4-6(5)8/h1-7H;1-4H;1-4,8H,7H2. The molecule has 0 unspecified atom stereocenters. The second-order valence-corrected chi connectivity index (χ2v) is 10.7. The second kappa shape index (κ2) is 13.0. The lowest BCUT2D eigenvalue weighted by Crippen LogP contribution is -1.82. The predicted octanol–water partition coefficient (Wildman–Crippen LogP) is 9.02. The number of benzene rings is 4. The molecule has 0 fully saturated rings. The van der Waals surface area contributed by atoms with Gasteiger partial charge in [0.1, 0.15) is 17.6 Å². The van der Waals surface area contributed by atoms with E-state index in [0.717, 1.165) is 40.8 Å². The molecular weight excluding hydrogens is 708 g/mol. The van der Waals surface area contributed by atoms with Crippen LogP contribution in [0.5, 0.6) is 5.75 Å². The molecule has 0 aliphatic rings. The molecule has 0 aliphatic heterocycles.